The second-order valence-electron chi connectivity index (χ2n) is 6.22. The quantitative estimate of drug-likeness (QED) is 0.573. The lowest BCUT2D eigenvalue weighted by Gasteiger charge is -2.19. The third-order valence-corrected chi connectivity index (χ3v) is 5.45. The molecule has 1 unspecified atom stereocenters. The molecule has 0 aliphatic carbocycles. The summed E-state index contributed by atoms with van der Waals surface area (Å²) in [6.07, 6.45) is 4.66. The van der Waals surface area contributed by atoms with Crippen molar-refractivity contribution in [1.29, 1.82) is 0 Å². The summed E-state index contributed by atoms with van der Waals surface area (Å²) in [5.74, 6) is 0.318. The SMILES string of the molecule is CCCc1ccc(NC(=O)C(CCSC)NC(=O)c2ccccc2Br)cc1. The van der Waals surface area contributed by atoms with E-state index >= 15 is 0 Å². The number of carbonyl (C=O) groups is 2. The molecule has 0 fully saturated rings. The van der Waals surface area contributed by atoms with Crippen LogP contribution in [0.3, 0.4) is 0 Å². The molecule has 144 valence electrons. The van der Waals surface area contributed by atoms with Gasteiger partial charge in [-0.25, -0.2) is 0 Å². The van der Waals surface area contributed by atoms with Gasteiger partial charge < -0.3 is 10.6 Å². The smallest absolute Gasteiger partial charge is 0.253 e. The van der Waals surface area contributed by atoms with E-state index in [1.54, 1.807) is 23.9 Å². The van der Waals surface area contributed by atoms with Gasteiger partial charge >= 0.3 is 0 Å². The third-order valence-electron chi connectivity index (χ3n) is 4.11. The predicted molar refractivity (Wildman–Crippen MR) is 117 cm³/mol. The van der Waals surface area contributed by atoms with Gasteiger partial charge in [-0.3, -0.25) is 9.59 Å². The highest BCUT2D eigenvalue weighted by Crippen LogP contribution is 2.17. The molecule has 0 heterocycles. The van der Waals surface area contributed by atoms with E-state index in [0.29, 0.717) is 16.5 Å². The van der Waals surface area contributed by atoms with Gasteiger partial charge in [-0.2, -0.15) is 11.8 Å². The molecule has 0 saturated carbocycles. The fraction of sp³-hybridized carbons (Fsp3) is 0.333. The van der Waals surface area contributed by atoms with E-state index in [1.807, 2.05) is 42.7 Å². The summed E-state index contributed by atoms with van der Waals surface area (Å²) in [6.45, 7) is 2.14. The normalized spacial score (nSPS) is 11.7. The highest BCUT2D eigenvalue weighted by molar-refractivity contribution is 9.10. The fourth-order valence-corrected chi connectivity index (χ4v) is 3.59. The molecule has 2 aromatic rings. The van der Waals surface area contributed by atoms with Crippen LogP contribution in [0.1, 0.15) is 35.7 Å². The van der Waals surface area contributed by atoms with Gasteiger partial charge in [0.2, 0.25) is 5.91 Å². The molecular formula is C21H25BrN2O2S. The number of hydrogen-bond acceptors (Lipinski definition) is 3. The first-order valence-electron chi connectivity index (χ1n) is 8.99. The molecule has 0 spiro atoms. The van der Waals surface area contributed by atoms with Gasteiger partial charge in [-0.15, -0.1) is 0 Å². The number of amides is 2. The number of aryl methyl sites for hydroxylation is 1. The molecule has 0 aromatic heterocycles. The molecule has 0 bridgehead atoms. The maximum atomic E-state index is 12.7. The van der Waals surface area contributed by atoms with Crippen molar-refractivity contribution in [2.75, 3.05) is 17.3 Å². The first-order chi connectivity index (χ1) is 13.0. The van der Waals surface area contributed by atoms with Gasteiger partial charge in [0.15, 0.2) is 0 Å². The molecule has 0 radical (unpaired) electrons. The molecule has 2 amide bonds. The number of carbonyl (C=O) groups excluding carboxylic acids is 2. The maximum Gasteiger partial charge on any atom is 0.253 e. The zero-order valence-corrected chi connectivity index (χ0v) is 18.0. The van der Waals surface area contributed by atoms with E-state index in [2.05, 4.69) is 33.5 Å². The monoisotopic (exact) mass is 448 g/mol. The van der Waals surface area contributed by atoms with Gasteiger partial charge in [0.05, 0.1) is 5.56 Å². The molecule has 4 nitrogen and oxygen atoms in total. The summed E-state index contributed by atoms with van der Waals surface area (Å²) in [7, 11) is 0. The largest absolute Gasteiger partial charge is 0.340 e. The number of thioether (sulfide) groups is 1. The topological polar surface area (TPSA) is 58.2 Å². The summed E-state index contributed by atoms with van der Waals surface area (Å²) in [5.41, 5.74) is 2.50. The molecule has 6 heteroatoms. The Kier molecular flexibility index (Phi) is 8.88. The Morgan fingerprint density at radius 1 is 1.11 bits per heavy atom. The summed E-state index contributed by atoms with van der Waals surface area (Å²) in [5, 5.41) is 5.78. The molecule has 0 saturated heterocycles. The van der Waals surface area contributed by atoms with Crippen molar-refractivity contribution >= 4 is 45.2 Å². The minimum Gasteiger partial charge on any atom is -0.340 e. The van der Waals surface area contributed by atoms with E-state index in [0.717, 1.165) is 24.3 Å². The number of halogens is 1. The second-order valence-corrected chi connectivity index (χ2v) is 8.06. The van der Waals surface area contributed by atoms with E-state index in [4.69, 9.17) is 0 Å². The van der Waals surface area contributed by atoms with E-state index in [9.17, 15) is 9.59 Å². The summed E-state index contributed by atoms with van der Waals surface area (Å²) >= 11 is 5.03. The molecule has 27 heavy (non-hydrogen) atoms. The molecule has 2 N–H and O–H groups in total. The van der Waals surface area contributed by atoms with Crippen molar-refractivity contribution in [2.45, 2.75) is 32.2 Å². The highest BCUT2D eigenvalue weighted by atomic mass is 79.9. The van der Waals surface area contributed by atoms with E-state index < -0.39 is 6.04 Å². The van der Waals surface area contributed by atoms with Crippen molar-refractivity contribution in [3.8, 4) is 0 Å². The van der Waals surface area contributed by atoms with E-state index in [1.165, 1.54) is 5.56 Å². The van der Waals surface area contributed by atoms with Gasteiger partial charge in [0.25, 0.3) is 5.91 Å². The molecule has 2 rings (SSSR count). The Morgan fingerprint density at radius 2 is 1.81 bits per heavy atom. The van der Waals surface area contributed by atoms with Crippen LogP contribution >= 0.6 is 27.7 Å². The summed E-state index contributed by atoms with van der Waals surface area (Å²) < 4.78 is 0.707. The molecule has 2 aromatic carbocycles. The molecule has 1 atom stereocenters. The Balaban J connectivity index is 2.06. The van der Waals surface area contributed by atoms with Crippen LogP contribution < -0.4 is 10.6 Å². The molecular weight excluding hydrogens is 424 g/mol. The van der Waals surface area contributed by atoms with Gasteiger partial charge in [0, 0.05) is 10.2 Å². The van der Waals surface area contributed by atoms with Crippen molar-refractivity contribution in [2.24, 2.45) is 0 Å². The van der Waals surface area contributed by atoms with Crippen LogP contribution in [0.2, 0.25) is 0 Å². The summed E-state index contributed by atoms with van der Waals surface area (Å²) in [4.78, 5) is 25.3. The van der Waals surface area contributed by atoms with Crippen molar-refractivity contribution in [3.63, 3.8) is 0 Å². The van der Waals surface area contributed by atoms with Crippen molar-refractivity contribution in [3.05, 3.63) is 64.1 Å². The van der Waals surface area contributed by atoms with Crippen LogP contribution in [0.5, 0.6) is 0 Å². The van der Waals surface area contributed by atoms with Crippen molar-refractivity contribution in [1.82, 2.24) is 5.32 Å². The van der Waals surface area contributed by atoms with Crippen LogP contribution in [-0.4, -0.2) is 29.9 Å². The number of rotatable bonds is 9. The van der Waals surface area contributed by atoms with E-state index in [-0.39, 0.29) is 11.8 Å². The minimum atomic E-state index is -0.590. The number of anilines is 1. The zero-order valence-electron chi connectivity index (χ0n) is 15.6. The van der Waals surface area contributed by atoms with Crippen LogP contribution in [0.4, 0.5) is 5.69 Å². The Bertz CT molecular complexity index is 765. The number of hydrogen-bond donors (Lipinski definition) is 2. The maximum absolute atomic E-state index is 12.7. The fourth-order valence-electron chi connectivity index (χ4n) is 2.66. The standard InChI is InChI=1S/C21H25BrN2O2S/c1-3-6-15-9-11-16(12-10-15)23-21(26)19(13-14-27-2)24-20(25)17-7-4-5-8-18(17)22/h4-5,7-12,19H,3,6,13-14H2,1-2H3,(H,23,26)(H,24,25). The van der Waals surface area contributed by atoms with Gasteiger partial charge in [-0.1, -0.05) is 37.6 Å². The highest BCUT2D eigenvalue weighted by Gasteiger charge is 2.22. The first kappa shape index (κ1) is 21.5. The Labute approximate surface area is 173 Å². The Hall–Kier alpha value is -1.79. The number of nitrogens with one attached hydrogen (secondary N) is 2. The average molecular weight is 449 g/mol. The lowest BCUT2D eigenvalue weighted by Crippen LogP contribution is -2.44. The van der Waals surface area contributed by atoms with Gasteiger partial charge in [-0.05, 0) is 70.6 Å². The zero-order chi connectivity index (χ0) is 19.6. The minimum absolute atomic E-state index is 0.201. The van der Waals surface area contributed by atoms with Crippen LogP contribution in [0.15, 0.2) is 53.0 Å². The first-order valence-corrected chi connectivity index (χ1v) is 11.2. The van der Waals surface area contributed by atoms with Gasteiger partial charge in [0.1, 0.15) is 6.04 Å². The van der Waals surface area contributed by atoms with Crippen LogP contribution in [0, 0.1) is 0 Å². The lowest BCUT2D eigenvalue weighted by molar-refractivity contribution is -0.118. The molecule has 0 aliphatic rings. The number of benzene rings is 2. The van der Waals surface area contributed by atoms with Crippen LogP contribution in [0.25, 0.3) is 0 Å². The second kappa shape index (κ2) is 11.1. The Morgan fingerprint density at radius 3 is 2.44 bits per heavy atom. The average Bonchev–Trinajstić information content (AvgIpc) is 2.67. The predicted octanol–water partition coefficient (Wildman–Crippen LogP) is 4.89. The van der Waals surface area contributed by atoms with Crippen molar-refractivity contribution < 1.29 is 9.59 Å². The van der Waals surface area contributed by atoms with Crippen LogP contribution in [-0.2, 0) is 11.2 Å². The third kappa shape index (κ3) is 6.70. The molecule has 0 aliphatic heterocycles. The lowest BCUT2D eigenvalue weighted by atomic mass is 10.1. The summed E-state index contributed by atoms with van der Waals surface area (Å²) in [6, 6.07) is 14.5.